The number of thiophene rings is 1. The Balaban J connectivity index is 1.67. The molecule has 4 aromatic rings. The number of amides is 1. The van der Waals surface area contributed by atoms with Crippen molar-refractivity contribution in [2.45, 2.75) is 13.3 Å². The van der Waals surface area contributed by atoms with Gasteiger partial charge >= 0.3 is 0 Å². The van der Waals surface area contributed by atoms with Crippen LogP contribution in [-0.2, 0) is 6.42 Å². The topological polar surface area (TPSA) is 107 Å². The van der Waals surface area contributed by atoms with Gasteiger partial charge in [-0.05, 0) is 30.7 Å². The van der Waals surface area contributed by atoms with Crippen molar-refractivity contribution in [3.05, 3.63) is 46.5 Å². The number of anilines is 2. The molecule has 0 bridgehead atoms. The van der Waals surface area contributed by atoms with Crippen LogP contribution in [0.25, 0.3) is 21.5 Å². The summed E-state index contributed by atoms with van der Waals surface area (Å²) in [6.07, 6.45) is 4.21. The summed E-state index contributed by atoms with van der Waals surface area (Å²) in [5.74, 6) is -0.297. The molecular formula is C17H14N6OS2. The summed E-state index contributed by atoms with van der Waals surface area (Å²) in [6.45, 7) is 1.99. The van der Waals surface area contributed by atoms with Gasteiger partial charge in [-0.3, -0.25) is 15.1 Å². The van der Waals surface area contributed by atoms with E-state index in [1.54, 1.807) is 12.4 Å². The molecule has 0 aromatic carbocycles. The first-order valence-corrected chi connectivity index (χ1v) is 9.52. The van der Waals surface area contributed by atoms with Crippen molar-refractivity contribution >= 4 is 49.6 Å². The Morgan fingerprint density at radius 3 is 2.69 bits per heavy atom. The molecule has 0 saturated carbocycles. The lowest BCUT2D eigenvalue weighted by atomic mass is 10.1. The minimum Gasteiger partial charge on any atom is -0.397 e. The van der Waals surface area contributed by atoms with Crippen LogP contribution in [0.5, 0.6) is 0 Å². The average molecular weight is 382 g/mol. The lowest BCUT2D eigenvalue weighted by Crippen LogP contribution is -2.11. The molecule has 1 amide bonds. The number of aromatic nitrogens is 4. The van der Waals surface area contributed by atoms with Gasteiger partial charge in [-0.15, -0.1) is 21.5 Å². The number of rotatable bonds is 4. The molecule has 0 aliphatic heterocycles. The molecule has 0 aliphatic rings. The van der Waals surface area contributed by atoms with E-state index in [0.717, 1.165) is 28.1 Å². The van der Waals surface area contributed by atoms with Crippen molar-refractivity contribution in [3.63, 3.8) is 0 Å². The Hall–Kier alpha value is -2.91. The van der Waals surface area contributed by atoms with Crippen molar-refractivity contribution in [2.75, 3.05) is 11.1 Å². The first-order chi connectivity index (χ1) is 12.7. The normalized spacial score (nSPS) is 11.0. The van der Waals surface area contributed by atoms with Crippen LogP contribution in [-0.4, -0.2) is 26.1 Å². The van der Waals surface area contributed by atoms with Crippen LogP contribution in [0.4, 0.5) is 10.8 Å². The second-order valence-corrected chi connectivity index (χ2v) is 7.50. The van der Waals surface area contributed by atoms with Gasteiger partial charge in [0, 0.05) is 23.3 Å². The van der Waals surface area contributed by atoms with Gasteiger partial charge in [0.2, 0.25) is 5.13 Å². The summed E-state index contributed by atoms with van der Waals surface area (Å²) in [7, 11) is 0. The number of pyridine rings is 2. The molecule has 7 nitrogen and oxygen atoms in total. The summed E-state index contributed by atoms with van der Waals surface area (Å²) < 4.78 is 0. The van der Waals surface area contributed by atoms with Crippen molar-refractivity contribution in [3.8, 4) is 11.3 Å². The zero-order valence-electron chi connectivity index (χ0n) is 13.8. The van der Waals surface area contributed by atoms with Crippen LogP contribution in [0.3, 0.4) is 0 Å². The third-order valence-electron chi connectivity index (χ3n) is 3.77. The summed E-state index contributed by atoms with van der Waals surface area (Å²) in [4.78, 5) is 22.4. The number of carbonyl (C=O) groups excluding carboxylic acids is 1. The molecule has 0 fully saturated rings. The lowest BCUT2D eigenvalue weighted by molar-refractivity contribution is 0.103. The second kappa shape index (κ2) is 6.77. The Kier molecular flexibility index (Phi) is 4.31. The third-order valence-corrected chi connectivity index (χ3v) is 5.86. The molecule has 0 radical (unpaired) electrons. The van der Waals surface area contributed by atoms with Crippen LogP contribution in [0.2, 0.25) is 0 Å². The van der Waals surface area contributed by atoms with E-state index in [-0.39, 0.29) is 5.91 Å². The van der Waals surface area contributed by atoms with E-state index in [4.69, 9.17) is 5.73 Å². The maximum absolute atomic E-state index is 12.6. The summed E-state index contributed by atoms with van der Waals surface area (Å²) in [5.41, 5.74) is 8.38. The molecule has 4 heterocycles. The number of fused-ring (bicyclic) bond motifs is 1. The van der Waals surface area contributed by atoms with Crippen LogP contribution in [0.1, 0.15) is 21.6 Å². The van der Waals surface area contributed by atoms with Gasteiger partial charge in [-0.2, -0.15) is 0 Å². The average Bonchev–Trinajstić information content (AvgIpc) is 3.26. The van der Waals surface area contributed by atoms with Crippen molar-refractivity contribution < 1.29 is 4.79 Å². The highest BCUT2D eigenvalue weighted by atomic mass is 32.1. The SMILES string of the molecule is CCc1nnc(NC(=O)c2sc3nc(-c4ccncc4)ccc3c2N)s1. The molecule has 0 aliphatic carbocycles. The van der Waals surface area contributed by atoms with E-state index in [1.807, 2.05) is 31.2 Å². The monoisotopic (exact) mass is 382 g/mol. The lowest BCUT2D eigenvalue weighted by Gasteiger charge is -2.00. The summed E-state index contributed by atoms with van der Waals surface area (Å²) in [6, 6.07) is 7.56. The fourth-order valence-electron chi connectivity index (χ4n) is 2.45. The van der Waals surface area contributed by atoms with Gasteiger partial charge in [0.15, 0.2) is 0 Å². The number of nitrogen functional groups attached to an aromatic ring is 1. The van der Waals surface area contributed by atoms with Gasteiger partial charge < -0.3 is 5.73 Å². The number of hydrogen-bond donors (Lipinski definition) is 2. The highest BCUT2D eigenvalue weighted by molar-refractivity contribution is 7.21. The summed E-state index contributed by atoms with van der Waals surface area (Å²) >= 11 is 2.62. The van der Waals surface area contributed by atoms with Crippen LogP contribution in [0, 0.1) is 0 Å². The molecule has 130 valence electrons. The molecule has 26 heavy (non-hydrogen) atoms. The van der Waals surface area contributed by atoms with Gasteiger partial charge in [0.25, 0.3) is 5.91 Å². The number of carbonyl (C=O) groups is 1. The van der Waals surface area contributed by atoms with Gasteiger partial charge in [0.05, 0.1) is 11.4 Å². The van der Waals surface area contributed by atoms with Gasteiger partial charge in [0.1, 0.15) is 14.7 Å². The minimum atomic E-state index is -0.297. The zero-order valence-corrected chi connectivity index (χ0v) is 15.4. The predicted octanol–water partition coefficient (Wildman–Crippen LogP) is 3.61. The minimum absolute atomic E-state index is 0.297. The second-order valence-electron chi connectivity index (χ2n) is 5.44. The van der Waals surface area contributed by atoms with E-state index in [9.17, 15) is 4.79 Å². The Morgan fingerprint density at radius 2 is 1.96 bits per heavy atom. The highest BCUT2D eigenvalue weighted by Gasteiger charge is 2.19. The number of aryl methyl sites for hydroxylation is 1. The zero-order chi connectivity index (χ0) is 18.1. The van der Waals surface area contributed by atoms with Crippen molar-refractivity contribution in [1.29, 1.82) is 0 Å². The number of nitrogens with zero attached hydrogens (tertiary/aromatic N) is 4. The first kappa shape index (κ1) is 16.6. The Morgan fingerprint density at radius 1 is 1.15 bits per heavy atom. The molecular weight excluding hydrogens is 368 g/mol. The summed E-state index contributed by atoms with van der Waals surface area (Å²) in [5, 5.41) is 12.8. The van der Waals surface area contributed by atoms with Crippen molar-refractivity contribution in [2.24, 2.45) is 0 Å². The third kappa shape index (κ3) is 3.02. The molecule has 4 rings (SSSR count). The standard InChI is InChI=1S/C17H14N6OS2/c1-2-12-22-23-17(25-12)21-15(24)14-13(18)10-3-4-11(20-16(10)26-14)9-5-7-19-8-6-9/h3-8H,2,18H2,1H3,(H,21,23,24). The first-order valence-electron chi connectivity index (χ1n) is 7.89. The number of nitrogens with two attached hydrogens (primary N) is 1. The van der Waals surface area contributed by atoms with E-state index >= 15 is 0 Å². The van der Waals surface area contributed by atoms with E-state index in [2.05, 4.69) is 25.5 Å². The molecule has 4 aromatic heterocycles. The molecule has 3 N–H and O–H groups in total. The maximum atomic E-state index is 12.6. The fourth-order valence-corrected chi connectivity index (χ4v) is 4.11. The van der Waals surface area contributed by atoms with Crippen LogP contribution < -0.4 is 11.1 Å². The quantitative estimate of drug-likeness (QED) is 0.558. The van der Waals surface area contributed by atoms with Crippen molar-refractivity contribution in [1.82, 2.24) is 20.2 Å². The molecule has 9 heteroatoms. The molecule has 0 atom stereocenters. The largest absolute Gasteiger partial charge is 0.397 e. The van der Waals surface area contributed by atoms with Gasteiger partial charge in [-0.1, -0.05) is 18.3 Å². The molecule has 0 unspecified atom stereocenters. The Labute approximate surface area is 157 Å². The number of hydrogen-bond acceptors (Lipinski definition) is 8. The highest BCUT2D eigenvalue weighted by Crippen LogP contribution is 2.34. The number of nitrogens with one attached hydrogen (secondary N) is 1. The van der Waals surface area contributed by atoms with Crippen LogP contribution in [0.15, 0.2) is 36.7 Å². The molecule has 0 saturated heterocycles. The van der Waals surface area contributed by atoms with E-state index < -0.39 is 0 Å². The van der Waals surface area contributed by atoms with Gasteiger partial charge in [-0.25, -0.2) is 4.98 Å². The smallest absolute Gasteiger partial charge is 0.269 e. The molecule has 0 spiro atoms. The van der Waals surface area contributed by atoms with E-state index in [1.165, 1.54) is 22.7 Å². The predicted molar refractivity (Wildman–Crippen MR) is 105 cm³/mol. The van der Waals surface area contributed by atoms with Crippen LogP contribution >= 0.6 is 22.7 Å². The van der Waals surface area contributed by atoms with E-state index in [0.29, 0.717) is 20.5 Å². The Bertz CT molecular complexity index is 1090. The maximum Gasteiger partial charge on any atom is 0.269 e. The fraction of sp³-hybridized carbons (Fsp3) is 0.118.